The van der Waals surface area contributed by atoms with Crippen LogP contribution in [0.1, 0.15) is 35.6 Å². The van der Waals surface area contributed by atoms with Gasteiger partial charge in [-0.2, -0.15) is 0 Å². The number of hydrogen-bond acceptors (Lipinski definition) is 6. The van der Waals surface area contributed by atoms with Crippen LogP contribution in [0.4, 0.5) is 0 Å². The maximum absolute atomic E-state index is 5.56. The lowest BCUT2D eigenvalue weighted by molar-refractivity contribution is 0.357. The van der Waals surface area contributed by atoms with Crippen molar-refractivity contribution in [2.75, 3.05) is 14.2 Å². The molecule has 0 aromatic carbocycles. The second-order valence-electron chi connectivity index (χ2n) is 4.84. The molecule has 1 atom stereocenters. The summed E-state index contributed by atoms with van der Waals surface area (Å²) >= 11 is 0. The van der Waals surface area contributed by atoms with Crippen LogP contribution in [-0.2, 0) is 6.54 Å². The Kier molecular flexibility index (Phi) is 4.80. The van der Waals surface area contributed by atoms with Crippen molar-refractivity contribution in [3.8, 4) is 11.8 Å². The molecule has 6 nitrogen and oxygen atoms in total. The Labute approximate surface area is 124 Å². The van der Waals surface area contributed by atoms with Gasteiger partial charge in [-0.15, -0.1) is 0 Å². The van der Waals surface area contributed by atoms with Gasteiger partial charge in [0.15, 0.2) is 0 Å². The predicted molar refractivity (Wildman–Crippen MR) is 78.6 cm³/mol. The lowest BCUT2D eigenvalue weighted by atomic mass is 10.1. The first kappa shape index (κ1) is 15.3. The number of nitrogens with one attached hydrogen (secondary N) is 1. The summed E-state index contributed by atoms with van der Waals surface area (Å²) in [5, 5.41) is 3.42. The molecule has 2 heterocycles. The van der Waals surface area contributed by atoms with Crippen LogP contribution in [0.2, 0.25) is 0 Å². The van der Waals surface area contributed by atoms with Crippen molar-refractivity contribution in [3.63, 3.8) is 0 Å². The maximum atomic E-state index is 5.56. The fourth-order valence-corrected chi connectivity index (χ4v) is 2.33. The molecule has 0 saturated carbocycles. The Morgan fingerprint density at radius 2 is 1.81 bits per heavy atom. The van der Waals surface area contributed by atoms with Crippen LogP contribution in [0.15, 0.2) is 16.8 Å². The van der Waals surface area contributed by atoms with Crippen LogP contribution in [0, 0.1) is 13.8 Å². The largest absolute Gasteiger partial charge is 0.481 e. The quantitative estimate of drug-likeness (QED) is 0.882. The molecule has 0 aliphatic rings. The molecule has 0 radical (unpaired) electrons. The standard InChI is InChI=1S/C15H21N3O3/c1-9-6-12(11(3)21-9)10(2)16-7-13-14(19-4)17-8-18-15(13)20-5/h6,8,10,16H,7H2,1-5H3. The average Bonchev–Trinajstić information content (AvgIpc) is 2.83. The summed E-state index contributed by atoms with van der Waals surface area (Å²) in [4.78, 5) is 8.21. The van der Waals surface area contributed by atoms with E-state index in [2.05, 4.69) is 22.2 Å². The molecule has 114 valence electrons. The van der Waals surface area contributed by atoms with E-state index in [1.165, 1.54) is 6.33 Å². The monoisotopic (exact) mass is 291 g/mol. The van der Waals surface area contributed by atoms with Gasteiger partial charge < -0.3 is 19.2 Å². The van der Waals surface area contributed by atoms with Crippen LogP contribution in [0.3, 0.4) is 0 Å². The van der Waals surface area contributed by atoms with E-state index in [9.17, 15) is 0 Å². The van der Waals surface area contributed by atoms with Gasteiger partial charge in [-0.05, 0) is 26.8 Å². The molecule has 21 heavy (non-hydrogen) atoms. The van der Waals surface area contributed by atoms with Crippen LogP contribution in [0.25, 0.3) is 0 Å². The van der Waals surface area contributed by atoms with Crippen molar-refractivity contribution >= 4 is 0 Å². The van der Waals surface area contributed by atoms with Gasteiger partial charge in [0.05, 0.1) is 19.8 Å². The van der Waals surface area contributed by atoms with Crippen molar-refractivity contribution in [2.45, 2.75) is 33.4 Å². The second kappa shape index (κ2) is 6.58. The summed E-state index contributed by atoms with van der Waals surface area (Å²) < 4.78 is 16.1. The third-order valence-corrected chi connectivity index (χ3v) is 3.38. The number of aromatic nitrogens is 2. The molecule has 0 aliphatic carbocycles. The van der Waals surface area contributed by atoms with E-state index in [0.717, 1.165) is 22.6 Å². The van der Waals surface area contributed by atoms with Crippen molar-refractivity contribution in [1.82, 2.24) is 15.3 Å². The van der Waals surface area contributed by atoms with Gasteiger partial charge in [0, 0.05) is 18.2 Å². The van der Waals surface area contributed by atoms with Crippen LogP contribution < -0.4 is 14.8 Å². The molecule has 2 aromatic rings. The highest BCUT2D eigenvalue weighted by atomic mass is 16.5. The van der Waals surface area contributed by atoms with Gasteiger partial charge in [-0.1, -0.05) is 0 Å². The molecule has 2 rings (SSSR count). The minimum Gasteiger partial charge on any atom is -0.481 e. The molecule has 0 bridgehead atoms. The molecule has 0 aliphatic heterocycles. The average molecular weight is 291 g/mol. The SMILES string of the molecule is COc1ncnc(OC)c1CNC(C)c1cc(C)oc1C. The molecular weight excluding hydrogens is 270 g/mol. The Hall–Kier alpha value is -2.08. The number of nitrogens with zero attached hydrogens (tertiary/aromatic N) is 2. The van der Waals surface area contributed by atoms with Crippen molar-refractivity contribution in [3.05, 3.63) is 35.0 Å². The molecule has 0 saturated heterocycles. The number of rotatable bonds is 6. The van der Waals surface area contributed by atoms with Crippen LogP contribution >= 0.6 is 0 Å². The molecule has 0 amide bonds. The lowest BCUT2D eigenvalue weighted by Crippen LogP contribution is -2.19. The van der Waals surface area contributed by atoms with Gasteiger partial charge in [0.2, 0.25) is 11.8 Å². The number of hydrogen-bond donors (Lipinski definition) is 1. The summed E-state index contributed by atoms with van der Waals surface area (Å²) in [7, 11) is 3.16. The Morgan fingerprint density at radius 1 is 1.19 bits per heavy atom. The Bertz CT molecular complexity index is 588. The van der Waals surface area contributed by atoms with Crippen LogP contribution in [-0.4, -0.2) is 24.2 Å². The first-order valence-electron chi connectivity index (χ1n) is 6.79. The minimum atomic E-state index is 0.136. The van der Waals surface area contributed by atoms with Crippen molar-refractivity contribution < 1.29 is 13.9 Å². The molecule has 0 spiro atoms. The van der Waals surface area contributed by atoms with Crippen molar-refractivity contribution in [2.24, 2.45) is 0 Å². The van der Waals surface area contributed by atoms with Gasteiger partial charge in [-0.3, -0.25) is 0 Å². The topological polar surface area (TPSA) is 69.4 Å². The number of methoxy groups -OCH3 is 2. The summed E-state index contributed by atoms with van der Waals surface area (Å²) in [6, 6.07) is 2.18. The van der Waals surface area contributed by atoms with Gasteiger partial charge >= 0.3 is 0 Å². The zero-order valence-electron chi connectivity index (χ0n) is 13.1. The van der Waals surface area contributed by atoms with Crippen LogP contribution in [0.5, 0.6) is 11.8 Å². The number of aryl methyl sites for hydroxylation is 2. The van der Waals surface area contributed by atoms with Gasteiger partial charge in [0.25, 0.3) is 0 Å². The lowest BCUT2D eigenvalue weighted by Gasteiger charge is -2.15. The van der Waals surface area contributed by atoms with E-state index in [1.54, 1.807) is 14.2 Å². The highest BCUT2D eigenvalue weighted by Crippen LogP contribution is 2.26. The Balaban J connectivity index is 2.14. The fraction of sp³-hybridized carbons (Fsp3) is 0.467. The maximum Gasteiger partial charge on any atom is 0.224 e. The van der Waals surface area contributed by atoms with Crippen molar-refractivity contribution in [1.29, 1.82) is 0 Å². The molecule has 2 aromatic heterocycles. The summed E-state index contributed by atoms with van der Waals surface area (Å²) in [5.74, 6) is 2.87. The molecule has 1 N–H and O–H groups in total. The van der Waals surface area contributed by atoms with E-state index in [4.69, 9.17) is 13.9 Å². The minimum absolute atomic E-state index is 0.136. The zero-order valence-corrected chi connectivity index (χ0v) is 13.1. The van der Waals surface area contributed by atoms with Gasteiger partial charge in [0.1, 0.15) is 17.8 Å². The molecule has 1 unspecified atom stereocenters. The third-order valence-electron chi connectivity index (χ3n) is 3.38. The van der Waals surface area contributed by atoms with E-state index in [0.29, 0.717) is 18.3 Å². The van der Waals surface area contributed by atoms with E-state index in [1.807, 2.05) is 19.9 Å². The first-order chi connectivity index (χ1) is 10.1. The number of ether oxygens (including phenoxy) is 2. The normalized spacial score (nSPS) is 12.2. The summed E-state index contributed by atoms with van der Waals surface area (Å²) in [6.07, 6.45) is 1.42. The zero-order chi connectivity index (χ0) is 15.4. The molecule has 0 fully saturated rings. The highest BCUT2D eigenvalue weighted by Gasteiger charge is 2.16. The third kappa shape index (κ3) is 3.33. The van der Waals surface area contributed by atoms with E-state index in [-0.39, 0.29) is 6.04 Å². The fourth-order valence-electron chi connectivity index (χ4n) is 2.33. The van der Waals surface area contributed by atoms with E-state index < -0.39 is 0 Å². The summed E-state index contributed by atoms with van der Waals surface area (Å²) in [6.45, 7) is 6.53. The van der Waals surface area contributed by atoms with E-state index >= 15 is 0 Å². The first-order valence-corrected chi connectivity index (χ1v) is 6.79. The smallest absolute Gasteiger partial charge is 0.224 e. The molecular formula is C15H21N3O3. The second-order valence-corrected chi connectivity index (χ2v) is 4.84. The molecule has 6 heteroatoms. The van der Waals surface area contributed by atoms with Gasteiger partial charge in [-0.25, -0.2) is 9.97 Å². The Morgan fingerprint density at radius 3 is 2.29 bits per heavy atom. The number of furan rings is 1. The predicted octanol–water partition coefficient (Wildman–Crippen LogP) is 2.55. The summed E-state index contributed by atoms with van der Waals surface area (Å²) in [5.41, 5.74) is 1.94. The highest BCUT2D eigenvalue weighted by molar-refractivity contribution is 5.34.